The molecule has 0 aliphatic carbocycles. The van der Waals surface area contributed by atoms with Gasteiger partial charge in [-0.2, -0.15) is 0 Å². The van der Waals surface area contributed by atoms with Crippen molar-refractivity contribution in [2.45, 2.75) is 24.5 Å². The van der Waals surface area contributed by atoms with E-state index in [-0.39, 0.29) is 5.09 Å². The second-order valence-electron chi connectivity index (χ2n) is 4.66. The van der Waals surface area contributed by atoms with Crippen LogP contribution in [-0.2, 0) is 21.3 Å². The van der Waals surface area contributed by atoms with Crippen molar-refractivity contribution in [1.29, 1.82) is 0 Å². The molecule has 6 nitrogen and oxygen atoms in total. The van der Waals surface area contributed by atoms with Gasteiger partial charge in [-0.15, -0.1) is 0 Å². The highest BCUT2D eigenvalue weighted by Gasteiger charge is 2.21. The summed E-state index contributed by atoms with van der Waals surface area (Å²) in [6.45, 7) is 2.36. The molecule has 0 amide bonds. The third-order valence-electron chi connectivity index (χ3n) is 3.16. The minimum atomic E-state index is -3.54. The van der Waals surface area contributed by atoms with Crippen LogP contribution in [0.2, 0.25) is 0 Å². The van der Waals surface area contributed by atoms with Crippen LogP contribution in [0.4, 0.5) is 0 Å². The van der Waals surface area contributed by atoms with Crippen LogP contribution >= 0.6 is 0 Å². The van der Waals surface area contributed by atoms with Gasteiger partial charge in [-0.05, 0) is 37.9 Å². The third kappa shape index (κ3) is 4.04. The van der Waals surface area contributed by atoms with Gasteiger partial charge >= 0.3 is 0 Å². The first-order valence-corrected chi connectivity index (χ1v) is 7.91. The van der Waals surface area contributed by atoms with Crippen molar-refractivity contribution in [2.75, 3.05) is 26.8 Å². The van der Waals surface area contributed by atoms with Gasteiger partial charge in [0, 0.05) is 19.8 Å². The minimum absolute atomic E-state index is 0.0233. The summed E-state index contributed by atoms with van der Waals surface area (Å²) >= 11 is 0. The Labute approximate surface area is 113 Å². The molecule has 1 aromatic rings. The fourth-order valence-electron chi connectivity index (χ4n) is 2.02. The van der Waals surface area contributed by atoms with Crippen molar-refractivity contribution < 1.29 is 17.6 Å². The van der Waals surface area contributed by atoms with Crippen LogP contribution in [0, 0.1) is 5.92 Å². The van der Waals surface area contributed by atoms with E-state index in [2.05, 4.69) is 10.0 Å². The average Bonchev–Trinajstić information content (AvgIpc) is 2.88. The van der Waals surface area contributed by atoms with E-state index in [1.54, 1.807) is 13.1 Å². The summed E-state index contributed by atoms with van der Waals surface area (Å²) in [7, 11) is -1.76. The molecule has 0 saturated carbocycles. The Hall–Kier alpha value is -0.890. The standard InChI is InChI=1S/C12H20N2O4S/c1-13-9-11-2-3-12(18-11)19(15,16)14-8-10-4-6-17-7-5-10/h2-3,10,13-14H,4-9H2,1H3. The second kappa shape index (κ2) is 6.51. The Kier molecular flexibility index (Phi) is 4.98. The summed E-state index contributed by atoms with van der Waals surface area (Å²) in [5.41, 5.74) is 0. The lowest BCUT2D eigenvalue weighted by Crippen LogP contribution is -2.32. The molecule has 1 fully saturated rings. The summed E-state index contributed by atoms with van der Waals surface area (Å²) in [6.07, 6.45) is 1.79. The predicted molar refractivity (Wildman–Crippen MR) is 70.2 cm³/mol. The maximum absolute atomic E-state index is 12.0. The molecule has 1 saturated heterocycles. The summed E-state index contributed by atoms with van der Waals surface area (Å²) in [5.74, 6) is 0.948. The molecule has 2 N–H and O–H groups in total. The van der Waals surface area contributed by atoms with E-state index in [0.29, 0.717) is 38.0 Å². The SMILES string of the molecule is CNCc1ccc(S(=O)(=O)NCC2CCOCC2)o1. The maximum atomic E-state index is 12.0. The lowest BCUT2D eigenvalue weighted by Gasteiger charge is -2.21. The fourth-order valence-corrected chi connectivity index (χ4v) is 3.08. The summed E-state index contributed by atoms with van der Waals surface area (Å²) in [6, 6.07) is 3.15. The van der Waals surface area contributed by atoms with E-state index in [1.165, 1.54) is 6.07 Å². The Morgan fingerprint density at radius 1 is 1.32 bits per heavy atom. The van der Waals surface area contributed by atoms with E-state index < -0.39 is 10.0 Å². The molecule has 0 atom stereocenters. The number of furan rings is 1. The first-order chi connectivity index (χ1) is 9.12. The molecule has 0 aromatic carbocycles. The molecule has 0 radical (unpaired) electrons. The molecule has 19 heavy (non-hydrogen) atoms. The van der Waals surface area contributed by atoms with E-state index in [9.17, 15) is 8.42 Å². The highest BCUT2D eigenvalue weighted by molar-refractivity contribution is 7.89. The summed E-state index contributed by atoms with van der Waals surface area (Å²) < 4.78 is 37.2. The average molecular weight is 288 g/mol. The Balaban J connectivity index is 1.92. The molecule has 0 spiro atoms. The number of ether oxygens (including phenoxy) is 1. The number of hydrogen-bond donors (Lipinski definition) is 2. The zero-order valence-corrected chi connectivity index (χ0v) is 11.8. The Bertz CT molecular complexity index is 492. The first kappa shape index (κ1) is 14.5. The predicted octanol–water partition coefficient (Wildman–Crippen LogP) is 0.704. The van der Waals surface area contributed by atoms with Crippen LogP contribution in [-0.4, -0.2) is 35.2 Å². The van der Waals surface area contributed by atoms with E-state index in [1.807, 2.05) is 0 Å². The molecular weight excluding hydrogens is 268 g/mol. The largest absolute Gasteiger partial charge is 0.447 e. The summed E-state index contributed by atoms with van der Waals surface area (Å²) in [5, 5.41) is 2.89. The van der Waals surface area contributed by atoms with Crippen LogP contribution < -0.4 is 10.0 Å². The van der Waals surface area contributed by atoms with Crippen molar-refractivity contribution in [2.24, 2.45) is 5.92 Å². The number of hydrogen-bond acceptors (Lipinski definition) is 5. The fraction of sp³-hybridized carbons (Fsp3) is 0.667. The quantitative estimate of drug-likeness (QED) is 0.805. The molecule has 108 valence electrons. The third-order valence-corrected chi connectivity index (χ3v) is 4.45. The van der Waals surface area contributed by atoms with Crippen LogP contribution in [0.1, 0.15) is 18.6 Å². The van der Waals surface area contributed by atoms with Crippen molar-refractivity contribution in [3.63, 3.8) is 0 Å². The van der Waals surface area contributed by atoms with Gasteiger partial charge < -0.3 is 14.5 Å². The van der Waals surface area contributed by atoms with Crippen molar-refractivity contribution in [3.8, 4) is 0 Å². The van der Waals surface area contributed by atoms with Gasteiger partial charge in [0.25, 0.3) is 10.0 Å². The zero-order chi connectivity index (χ0) is 13.7. The molecule has 0 bridgehead atoms. The lowest BCUT2D eigenvalue weighted by atomic mass is 10.0. The van der Waals surface area contributed by atoms with Gasteiger partial charge in [0.1, 0.15) is 5.76 Å². The molecule has 7 heteroatoms. The Morgan fingerprint density at radius 3 is 2.74 bits per heavy atom. The van der Waals surface area contributed by atoms with Gasteiger partial charge in [0.05, 0.1) is 6.54 Å². The molecule has 2 rings (SSSR count). The molecule has 1 aliphatic heterocycles. The highest BCUT2D eigenvalue weighted by atomic mass is 32.2. The van der Waals surface area contributed by atoms with Crippen LogP contribution in [0.3, 0.4) is 0 Å². The van der Waals surface area contributed by atoms with Crippen molar-refractivity contribution in [3.05, 3.63) is 17.9 Å². The van der Waals surface area contributed by atoms with E-state index >= 15 is 0 Å². The van der Waals surface area contributed by atoms with Gasteiger partial charge in [-0.25, -0.2) is 13.1 Å². The van der Waals surface area contributed by atoms with E-state index in [0.717, 1.165) is 12.8 Å². The number of rotatable bonds is 6. The smallest absolute Gasteiger partial charge is 0.273 e. The molecular formula is C12H20N2O4S. The normalized spacial score (nSPS) is 17.7. The monoisotopic (exact) mass is 288 g/mol. The highest BCUT2D eigenvalue weighted by Crippen LogP contribution is 2.17. The minimum Gasteiger partial charge on any atom is -0.447 e. The van der Waals surface area contributed by atoms with E-state index in [4.69, 9.17) is 9.15 Å². The summed E-state index contributed by atoms with van der Waals surface area (Å²) in [4.78, 5) is 0. The second-order valence-corrected chi connectivity index (χ2v) is 6.36. The van der Waals surface area contributed by atoms with Crippen LogP contribution in [0.25, 0.3) is 0 Å². The van der Waals surface area contributed by atoms with Gasteiger partial charge in [0.2, 0.25) is 5.09 Å². The van der Waals surface area contributed by atoms with Gasteiger partial charge in [0.15, 0.2) is 0 Å². The molecule has 1 aromatic heterocycles. The van der Waals surface area contributed by atoms with Crippen LogP contribution in [0.5, 0.6) is 0 Å². The molecule has 2 heterocycles. The molecule has 1 aliphatic rings. The Morgan fingerprint density at radius 2 is 2.05 bits per heavy atom. The first-order valence-electron chi connectivity index (χ1n) is 6.42. The van der Waals surface area contributed by atoms with Crippen molar-refractivity contribution >= 4 is 10.0 Å². The van der Waals surface area contributed by atoms with Crippen molar-refractivity contribution in [1.82, 2.24) is 10.0 Å². The zero-order valence-electron chi connectivity index (χ0n) is 11.0. The van der Waals surface area contributed by atoms with Gasteiger partial charge in [-0.3, -0.25) is 0 Å². The molecule has 0 unspecified atom stereocenters. The maximum Gasteiger partial charge on any atom is 0.273 e. The lowest BCUT2D eigenvalue weighted by molar-refractivity contribution is 0.0678. The van der Waals surface area contributed by atoms with Gasteiger partial charge in [-0.1, -0.05) is 0 Å². The number of nitrogens with one attached hydrogen (secondary N) is 2. The number of sulfonamides is 1. The van der Waals surface area contributed by atoms with Crippen LogP contribution in [0.15, 0.2) is 21.6 Å². The topological polar surface area (TPSA) is 80.6 Å².